The minimum absolute atomic E-state index is 0.0120. The normalized spacial score (nSPS) is 11.7. The van der Waals surface area contributed by atoms with Crippen molar-refractivity contribution in [3.05, 3.63) is 69.3 Å². The van der Waals surface area contributed by atoms with E-state index in [2.05, 4.69) is 74.5 Å². The summed E-state index contributed by atoms with van der Waals surface area (Å²) in [5, 5.41) is 0. The fourth-order valence-electron chi connectivity index (χ4n) is 3.13. The van der Waals surface area contributed by atoms with Gasteiger partial charge in [-0.15, -0.1) is 0 Å². The van der Waals surface area contributed by atoms with Crippen molar-refractivity contribution in [3.8, 4) is 0 Å². The van der Waals surface area contributed by atoms with Gasteiger partial charge in [0.05, 0.1) is 39.3 Å². The topological polar surface area (TPSA) is 0 Å². The molecule has 0 saturated carbocycles. The number of quaternary nitrogens is 2. The van der Waals surface area contributed by atoms with Gasteiger partial charge in [0.15, 0.2) is 46.5 Å². The van der Waals surface area contributed by atoms with Crippen molar-refractivity contribution in [2.45, 2.75) is 13.1 Å². The fourth-order valence-corrected chi connectivity index (χ4v) is 3.13. The summed E-state index contributed by atoms with van der Waals surface area (Å²) in [4.78, 5) is 0. The van der Waals surface area contributed by atoms with Crippen LogP contribution in [-0.4, -0.2) is 50.2 Å². The third-order valence-electron chi connectivity index (χ3n) is 5.08. The average Bonchev–Trinajstić information content (AvgIpc) is 2.84. The Balaban J connectivity index is 0.00000208. The molecule has 0 spiro atoms. The molecule has 0 heterocycles. The standard InChI is InChI=1S/C20H20F10N2.2I3/c1-31(2,7-9-11(21)15(25)19(29)16(26)12(9)22)5-6-32(3,4)8-10-13(23)17(27)20(30)18(28)14(10)24;2*1-3-2/h5-8H2,1-4H3;;/q+2;2*-1. The van der Waals surface area contributed by atoms with Crippen LogP contribution >= 0.6 is 74.5 Å². The second-order valence-corrected chi connectivity index (χ2v) is 41.3. The molecule has 0 bridgehead atoms. The van der Waals surface area contributed by atoms with Gasteiger partial charge >= 0.3 is 101 Å². The first-order valence-electron chi connectivity index (χ1n) is 9.72. The first-order chi connectivity index (χ1) is 17.3. The summed E-state index contributed by atoms with van der Waals surface area (Å²) in [7, 11) is 5.65. The van der Waals surface area contributed by atoms with Crippen LogP contribution < -0.4 is 26.5 Å². The molecule has 0 aliphatic heterocycles. The van der Waals surface area contributed by atoms with Gasteiger partial charge in [-0.3, -0.25) is 0 Å². The second kappa shape index (κ2) is 18.0. The molecule has 2 rings (SSSR count). The summed E-state index contributed by atoms with van der Waals surface area (Å²) < 4.78 is 135. The van der Waals surface area contributed by atoms with Crippen molar-refractivity contribution in [2.75, 3.05) is 41.3 Å². The summed E-state index contributed by atoms with van der Waals surface area (Å²) >= 11 is 10.6. The van der Waals surface area contributed by atoms with E-state index in [0.29, 0.717) is 26.5 Å². The number of likely N-dealkylation sites (N-methyl/N-ethyl adjacent to an activating group) is 2. The fraction of sp³-hybridized carbons (Fsp3) is 0.400. The van der Waals surface area contributed by atoms with E-state index in [1.54, 1.807) is 0 Å². The summed E-state index contributed by atoms with van der Waals surface area (Å²) in [5.74, 6) is -20.8. The summed E-state index contributed by atoms with van der Waals surface area (Å²) in [6.07, 6.45) is 0. The predicted octanol–water partition coefficient (Wildman–Crippen LogP) is 2.48. The molecule has 0 aliphatic rings. The van der Waals surface area contributed by atoms with Gasteiger partial charge in [-0.1, -0.05) is 0 Å². The molecule has 0 aliphatic carbocycles. The van der Waals surface area contributed by atoms with Gasteiger partial charge in [0.2, 0.25) is 11.6 Å². The van der Waals surface area contributed by atoms with Crippen LogP contribution in [-0.2, 0) is 13.1 Å². The molecule has 2 aromatic rings. The Hall–Kier alpha value is 2.04. The van der Waals surface area contributed by atoms with Crippen LogP contribution in [0.3, 0.4) is 0 Å². The summed E-state index contributed by atoms with van der Waals surface area (Å²) in [5.41, 5.74) is -2.06. The Bertz CT molecular complexity index is 961. The van der Waals surface area contributed by atoms with Gasteiger partial charge in [-0.2, -0.15) is 0 Å². The van der Waals surface area contributed by atoms with Gasteiger partial charge in [0.25, 0.3) is 0 Å². The molecule has 0 saturated heterocycles. The van der Waals surface area contributed by atoms with Crippen LogP contribution in [0, 0.1) is 58.2 Å². The Morgan fingerprint density at radius 2 is 0.579 bits per heavy atom. The van der Waals surface area contributed by atoms with E-state index in [1.165, 1.54) is 28.2 Å². The Labute approximate surface area is 273 Å². The van der Waals surface area contributed by atoms with E-state index in [0.717, 1.165) is 0 Å². The molecule has 0 radical (unpaired) electrons. The number of halogens is 16. The van der Waals surface area contributed by atoms with Crippen LogP contribution in [0.4, 0.5) is 43.9 Å². The molecule has 2 aromatic carbocycles. The van der Waals surface area contributed by atoms with Gasteiger partial charge < -0.3 is 8.97 Å². The number of hydrogen-bond acceptors (Lipinski definition) is 0. The Morgan fingerprint density at radius 3 is 0.763 bits per heavy atom. The number of rotatable bonds is 7. The molecule has 38 heavy (non-hydrogen) atoms. The van der Waals surface area contributed by atoms with Crippen molar-refractivity contribution in [1.29, 1.82) is 0 Å². The number of nitrogens with zero attached hydrogens (tertiary/aromatic N) is 2. The van der Waals surface area contributed by atoms with Gasteiger partial charge in [0.1, 0.15) is 26.2 Å². The molecule has 222 valence electrons. The Kier molecular flexibility index (Phi) is 19.0. The van der Waals surface area contributed by atoms with Crippen molar-refractivity contribution < 1.29 is 79.4 Å². The molecule has 18 heteroatoms. The van der Waals surface area contributed by atoms with E-state index in [1.807, 2.05) is 0 Å². The van der Waals surface area contributed by atoms with Crippen LogP contribution in [0.5, 0.6) is 0 Å². The van der Waals surface area contributed by atoms with E-state index in [9.17, 15) is 43.9 Å². The molecular formula is C20H20F10I6N2. The van der Waals surface area contributed by atoms with E-state index in [4.69, 9.17) is 0 Å². The first kappa shape index (κ1) is 40.0. The number of hydrogen-bond donors (Lipinski definition) is 0. The predicted molar refractivity (Wildman–Crippen MR) is 150 cm³/mol. The van der Waals surface area contributed by atoms with Crippen LogP contribution in [0.25, 0.3) is 0 Å². The van der Waals surface area contributed by atoms with Crippen molar-refractivity contribution in [2.24, 2.45) is 0 Å². The molecule has 0 atom stereocenters. The number of benzene rings is 2. The molecule has 0 fully saturated rings. The van der Waals surface area contributed by atoms with Crippen LogP contribution in [0.15, 0.2) is 0 Å². The van der Waals surface area contributed by atoms with Crippen molar-refractivity contribution in [3.63, 3.8) is 0 Å². The molecule has 2 nitrogen and oxygen atoms in total. The van der Waals surface area contributed by atoms with Crippen LogP contribution in [0.2, 0.25) is 0 Å². The van der Waals surface area contributed by atoms with E-state index >= 15 is 0 Å². The summed E-state index contributed by atoms with van der Waals surface area (Å²) in [6.45, 7) is -1.26. The van der Waals surface area contributed by atoms with Crippen molar-refractivity contribution >= 4 is 74.5 Å². The van der Waals surface area contributed by atoms with Gasteiger partial charge in [-0.05, 0) is 0 Å². The Morgan fingerprint density at radius 1 is 0.421 bits per heavy atom. The third kappa shape index (κ3) is 11.6. The SMILES string of the molecule is C[N+](C)(CC[N+](C)(C)Cc1c(F)c(F)c(F)c(F)c1F)Cc1c(F)c(F)c(F)c(F)c1F.I[I-]I.I[I-]I. The maximum absolute atomic E-state index is 14.0. The first-order valence-corrected chi connectivity index (χ1v) is 34.9. The van der Waals surface area contributed by atoms with E-state index in [-0.39, 0.29) is 22.1 Å². The molecule has 0 unspecified atom stereocenters. The second-order valence-electron chi connectivity index (χ2n) is 8.84. The zero-order valence-electron chi connectivity index (χ0n) is 19.8. The zero-order chi connectivity index (χ0) is 30.2. The van der Waals surface area contributed by atoms with Gasteiger partial charge in [0, 0.05) is 0 Å². The zero-order valence-corrected chi connectivity index (χ0v) is 32.7. The average molecular weight is 1240 g/mol. The van der Waals surface area contributed by atoms with Crippen molar-refractivity contribution in [1.82, 2.24) is 0 Å². The quantitative estimate of drug-likeness (QED) is 0.132. The maximum atomic E-state index is 14.0. The van der Waals surface area contributed by atoms with Crippen LogP contribution in [0.1, 0.15) is 11.1 Å². The molecule has 0 N–H and O–H groups in total. The third-order valence-corrected chi connectivity index (χ3v) is 5.08. The van der Waals surface area contributed by atoms with Gasteiger partial charge in [-0.25, -0.2) is 43.9 Å². The monoisotopic (exact) mass is 1240 g/mol. The molecule has 0 amide bonds. The van der Waals surface area contributed by atoms with E-state index < -0.39 is 82.4 Å². The molecule has 0 aromatic heterocycles. The minimum atomic E-state index is -2.28. The molecular weight excluding hydrogens is 1220 g/mol. The summed E-state index contributed by atoms with van der Waals surface area (Å²) in [6, 6.07) is 0.